The molecule has 2 aliphatic rings. The van der Waals surface area contributed by atoms with Gasteiger partial charge < -0.3 is 5.32 Å². The highest BCUT2D eigenvalue weighted by Crippen LogP contribution is 2.50. The molecule has 0 amide bonds. The molecule has 2 aromatic rings. The smallest absolute Gasteiger partial charge is 0.269 e. The fourth-order valence-corrected chi connectivity index (χ4v) is 3.94. The second-order valence-corrected chi connectivity index (χ2v) is 6.37. The highest BCUT2D eigenvalue weighted by atomic mass is 16.6. The summed E-state index contributed by atoms with van der Waals surface area (Å²) in [4.78, 5) is 10.8. The van der Waals surface area contributed by atoms with Crippen LogP contribution in [0.25, 0.3) is 0 Å². The maximum absolute atomic E-state index is 11.1. The molecule has 4 nitrogen and oxygen atoms in total. The van der Waals surface area contributed by atoms with Crippen LogP contribution in [0.15, 0.2) is 54.6 Å². The van der Waals surface area contributed by atoms with Crippen LogP contribution in [-0.2, 0) is 0 Å². The number of nitro benzene ring substituents is 1. The highest BCUT2D eigenvalue weighted by Gasteiger charge is 2.38. The molecule has 1 aliphatic carbocycles. The molecule has 0 spiro atoms. The molecule has 23 heavy (non-hydrogen) atoms. The zero-order valence-electron chi connectivity index (χ0n) is 12.9. The number of para-hydroxylation sites is 1. The third-order valence-electron chi connectivity index (χ3n) is 5.05. The Labute approximate surface area is 135 Å². The van der Waals surface area contributed by atoms with E-state index in [1.165, 1.54) is 16.8 Å². The number of nitrogens with one attached hydrogen (secondary N) is 1. The van der Waals surface area contributed by atoms with Crippen molar-refractivity contribution in [1.82, 2.24) is 0 Å². The molecule has 1 heterocycles. The summed E-state index contributed by atoms with van der Waals surface area (Å²) >= 11 is 0. The van der Waals surface area contributed by atoms with Gasteiger partial charge in [0, 0.05) is 23.7 Å². The summed E-state index contributed by atoms with van der Waals surface area (Å²) in [5.74, 6) is 0.793. The summed E-state index contributed by atoms with van der Waals surface area (Å²) in [6.45, 7) is 2.11. The molecule has 116 valence electrons. The molecule has 0 radical (unpaired) electrons. The van der Waals surface area contributed by atoms with Gasteiger partial charge in [-0.3, -0.25) is 10.1 Å². The number of hydrogen-bond donors (Lipinski definition) is 1. The van der Waals surface area contributed by atoms with E-state index >= 15 is 0 Å². The number of fused-ring (bicyclic) bond motifs is 3. The van der Waals surface area contributed by atoms with Crippen molar-refractivity contribution in [2.45, 2.75) is 25.3 Å². The van der Waals surface area contributed by atoms with Gasteiger partial charge in [0.05, 0.1) is 11.0 Å². The fraction of sp³-hybridized carbons (Fsp3) is 0.263. The van der Waals surface area contributed by atoms with Crippen LogP contribution >= 0.6 is 0 Å². The van der Waals surface area contributed by atoms with Crippen molar-refractivity contribution < 1.29 is 4.92 Å². The van der Waals surface area contributed by atoms with Gasteiger partial charge in [-0.25, -0.2) is 0 Å². The maximum atomic E-state index is 11.1. The first-order chi connectivity index (χ1) is 11.1. The molecule has 1 N–H and O–H groups in total. The maximum Gasteiger partial charge on any atom is 0.269 e. The number of anilines is 1. The van der Waals surface area contributed by atoms with Gasteiger partial charge in [-0.1, -0.05) is 42.5 Å². The summed E-state index contributed by atoms with van der Waals surface area (Å²) in [5, 5.41) is 14.7. The van der Waals surface area contributed by atoms with E-state index in [1.807, 2.05) is 6.07 Å². The average Bonchev–Trinajstić information content (AvgIpc) is 3.04. The lowest BCUT2D eigenvalue weighted by Crippen LogP contribution is -2.29. The Kier molecular flexibility index (Phi) is 3.18. The molecule has 4 heteroatoms. The van der Waals surface area contributed by atoms with E-state index in [0.717, 1.165) is 12.0 Å². The van der Waals surface area contributed by atoms with Gasteiger partial charge in [-0.05, 0) is 36.0 Å². The van der Waals surface area contributed by atoms with Gasteiger partial charge in [0.25, 0.3) is 5.69 Å². The Balaban J connectivity index is 1.80. The molecular formula is C19H18N2O2. The molecule has 0 saturated heterocycles. The number of aryl methyl sites for hydroxylation is 1. The third kappa shape index (κ3) is 2.22. The van der Waals surface area contributed by atoms with E-state index in [1.54, 1.807) is 18.2 Å². The monoisotopic (exact) mass is 306 g/mol. The molecule has 0 aromatic heterocycles. The predicted molar refractivity (Wildman–Crippen MR) is 90.6 cm³/mol. The van der Waals surface area contributed by atoms with Crippen LogP contribution in [0.1, 0.15) is 35.1 Å². The van der Waals surface area contributed by atoms with Crippen molar-refractivity contribution in [3.8, 4) is 0 Å². The van der Waals surface area contributed by atoms with Gasteiger partial charge in [0.15, 0.2) is 0 Å². The molecule has 2 aromatic carbocycles. The lowest BCUT2D eigenvalue weighted by Gasteiger charge is -2.38. The van der Waals surface area contributed by atoms with Gasteiger partial charge in [0.2, 0.25) is 0 Å². The van der Waals surface area contributed by atoms with Crippen LogP contribution in [-0.4, -0.2) is 4.92 Å². The van der Waals surface area contributed by atoms with Crippen LogP contribution in [0.2, 0.25) is 0 Å². The minimum absolute atomic E-state index is 0.100. The Bertz CT molecular complexity index is 813. The molecule has 0 saturated carbocycles. The van der Waals surface area contributed by atoms with Crippen molar-refractivity contribution in [1.29, 1.82) is 0 Å². The van der Waals surface area contributed by atoms with Crippen LogP contribution in [0, 0.1) is 23.0 Å². The minimum atomic E-state index is -0.324. The molecule has 1 aliphatic heterocycles. The average molecular weight is 306 g/mol. The first kappa shape index (κ1) is 14.0. The van der Waals surface area contributed by atoms with Crippen molar-refractivity contribution in [2.24, 2.45) is 5.92 Å². The summed E-state index contributed by atoms with van der Waals surface area (Å²) in [6, 6.07) is 13.5. The van der Waals surface area contributed by atoms with Crippen molar-refractivity contribution >= 4 is 11.4 Å². The van der Waals surface area contributed by atoms with Gasteiger partial charge in [-0.2, -0.15) is 0 Å². The fourth-order valence-electron chi connectivity index (χ4n) is 3.94. The van der Waals surface area contributed by atoms with Gasteiger partial charge in [-0.15, -0.1) is 0 Å². The number of hydrogen-bond acceptors (Lipinski definition) is 3. The van der Waals surface area contributed by atoms with E-state index in [4.69, 9.17) is 0 Å². The van der Waals surface area contributed by atoms with Gasteiger partial charge >= 0.3 is 0 Å². The summed E-state index contributed by atoms with van der Waals surface area (Å²) in [5.41, 5.74) is 4.88. The molecule has 4 rings (SSSR count). The number of nitrogens with zero attached hydrogens (tertiary/aromatic N) is 1. The lowest BCUT2D eigenvalue weighted by molar-refractivity contribution is -0.384. The molecule has 0 unspecified atom stereocenters. The van der Waals surface area contributed by atoms with Crippen LogP contribution in [0.5, 0.6) is 0 Å². The van der Waals surface area contributed by atoms with Crippen molar-refractivity contribution in [3.05, 3.63) is 81.4 Å². The first-order valence-corrected chi connectivity index (χ1v) is 7.92. The Morgan fingerprint density at radius 3 is 2.87 bits per heavy atom. The largest absolute Gasteiger partial charge is 0.377 e. The minimum Gasteiger partial charge on any atom is -0.377 e. The molecule has 0 fully saturated rings. The second kappa shape index (κ2) is 5.23. The zero-order valence-corrected chi connectivity index (χ0v) is 12.9. The lowest BCUT2D eigenvalue weighted by atomic mass is 9.76. The summed E-state index contributed by atoms with van der Waals surface area (Å²) in [6.07, 6.45) is 5.52. The Morgan fingerprint density at radius 1 is 1.22 bits per heavy atom. The van der Waals surface area contributed by atoms with E-state index in [2.05, 4.69) is 42.6 Å². The zero-order chi connectivity index (χ0) is 16.0. The number of rotatable bonds is 2. The molecule has 0 bridgehead atoms. The topological polar surface area (TPSA) is 55.2 Å². The Morgan fingerprint density at radius 2 is 2.04 bits per heavy atom. The van der Waals surface area contributed by atoms with E-state index in [0.29, 0.717) is 11.8 Å². The number of non-ortho nitro benzene ring substituents is 1. The standard InChI is InChI=1S/C19H18N2O2/c1-12-5-2-9-16-15-8-4-10-17(15)19(20-18(12)16)13-6-3-7-14(11-13)21(22)23/h2-9,11,15,17,19-20H,10H2,1H3/t15-,17+,19+/m0/s1. The number of allylic oxidation sites excluding steroid dienone is 2. The summed E-state index contributed by atoms with van der Waals surface area (Å²) in [7, 11) is 0. The van der Waals surface area contributed by atoms with E-state index < -0.39 is 0 Å². The first-order valence-electron chi connectivity index (χ1n) is 7.92. The van der Waals surface area contributed by atoms with Crippen LogP contribution in [0.3, 0.4) is 0 Å². The molecule has 3 atom stereocenters. The predicted octanol–water partition coefficient (Wildman–Crippen LogP) is 4.73. The van der Waals surface area contributed by atoms with Gasteiger partial charge in [0.1, 0.15) is 0 Å². The normalized spacial score (nSPS) is 24.7. The van der Waals surface area contributed by atoms with Crippen molar-refractivity contribution in [2.75, 3.05) is 5.32 Å². The van der Waals surface area contributed by atoms with E-state index in [-0.39, 0.29) is 16.7 Å². The quantitative estimate of drug-likeness (QED) is 0.496. The summed E-state index contributed by atoms with van der Waals surface area (Å²) < 4.78 is 0. The third-order valence-corrected chi connectivity index (χ3v) is 5.05. The van der Waals surface area contributed by atoms with Crippen LogP contribution < -0.4 is 5.32 Å². The highest BCUT2D eigenvalue weighted by molar-refractivity contribution is 5.64. The number of benzene rings is 2. The number of nitro groups is 1. The van der Waals surface area contributed by atoms with E-state index in [9.17, 15) is 10.1 Å². The molecular weight excluding hydrogens is 288 g/mol. The second-order valence-electron chi connectivity index (χ2n) is 6.37. The SMILES string of the molecule is Cc1cccc2c1N[C@H](c1cccc([N+](=O)[O-])c1)[C@@H]1CC=C[C@@H]21. The van der Waals surface area contributed by atoms with Crippen molar-refractivity contribution in [3.63, 3.8) is 0 Å². The van der Waals surface area contributed by atoms with Crippen LogP contribution in [0.4, 0.5) is 11.4 Å². The Hall–Kier alpha value is -2.62.